The summed E-state index contributed by atoms with van der Waals surface area (Å²) in [5.74, 6) is -0.0119. The van der Waals surface area contributed by atoms with Crippen molar-refractivity contribution < 1.29 is 9.53 Å². The number of ether oxygens (including phenoxy) is 1. The van der Waals surface area contributed by atoms with Gasteiger partial charge < -0.3 is 15.8 Å². The van der Waals surface area contributed by atoms with Crippen LogP contribution in [-0.4, -0.2) is 11.0 Å². The Morgan fingerprint density at radius 3 is 2.89 bits per heavy atom. The number of nitrogens with one attached hydrogen (secondary N) is 1. The van der Waals surface area contributed by atoms with Gasteiger partial charge in [0.2, 0.25) is 0 Å². The van der Waals surface area contributed by atoms with Crippen molar-refractivity contribution in [2.75, 3.05) is 11.1 Å². The van der Waals surface area contributed by atoms with Crippen LogP contribution in [0.2, 0.25) is 0 Å². The molecule has 0 saturated heterocycles. The largest absolute Gasteiger partial charge is 0.425 e. The molecule has 0 bridgehead atoms. The molecule has 2 rings (SSSR count). The number of pyridine rings is 1. The predicted octanol–water partition coefficient (Wildman–Crippen LogP) is 2.20. The summed E-state index contributed by atoms with van der Waals surface area (Å²) in [4.78, 5) is 14.9. The molecule has 1 aromatic heterocycles. The molecule has 0 aliphatic heterocycles. The summed E-state index contributed by atoms with van der Waals surface area (Å²) in [6, 6.07) is 9.08. The number of rotatable bonds is 4. The van der Waals surface area contributed by atoms with Gasteiger partial charge >= 0.3 is 5.97 Å². The molecule has 19 heavy (non-hydrogen) atoms. The van der Waals surface area contributed by atoms with E-state index in [0.717, 1.165) is 11.3 Å². The fraction of sp³-hybridized carbons (Fsp3) is 0.143. The third kappa shape index (κ3) is 3.70. The molecular weight excluding hydrogens is 242 g/mol. The number of nitrogens with zero attached hydrogens (tertiary/aromatic N) is 1. The number of nitrogen functional groups attached to an aromatic ring is 1. The van der Waals surface area contributed by atoms with Crippen molar-refractivity contribution in [2.24, 2.45) is 0 Å². The van der Waals surface area contributed by atoms with E-state index < -0.39 is 0 Å². The van der Waals surface area contributed by atoms with Crippen LogP contribution >= 0.6 is 0 Å². The Kier molecular flexibility index (Phi) is 3.97. The minimum Gasteiger partial charge on any atom is -0.425 e. The first-order valence-corrected chi connectivity index (χ1v) is 5.86. The van der Waals surface area contributed by atoms with Crippen molar-refractivity contribution in [2.45, 2.75) is 13.5 Å². The van der Waals surface area contributed by atoms with Crippen molar-refractivity contribution >= 4 is 17.3 Å². The van der Waals surface area contributed by atoms with Gasteiger partial charge in [-0.05, 0) is 29.8 Å². The lowest BCUT2D eigenvalue weighted by molar-refractivity contribution is -0.131. The van der Waals surface area contributed by atoms with Crippen LogP contribution in [0.25, 0.3) is 0 Å². The van der Waals surface area contributed by atoms with Crippen molar-refractivity contribution in [3.63, 3.8) is 0 Å². The molecule has 0 radical (unpaired) electrons. The summed E-state index contributed by atoms with van der Waals surface area (Å²) in [6.07, 6.45) is 3.53. The monoisotopic (exact) mass is 257 g/mol. The molecule has 5 heteroatoms. The minimum absolute atomic E-state index is 0.374. The number of benzene rings is 1. The molecule has 0 unspecified atom stereocenters. The number of nitrogens with two attached hydrogens (primary N) is 1. The maximum Gasteiger partial charge on any atom is 0.308 e. The lowest BCUT2D eigenvalue weighted by atomic mass is 10.2. The summed E-state index contributed by atoms with van der Waals surface area (Å²) in [5.41, 5.74) is 8.16. The summed E-state index contributed by atoms with van der Waals surface area (Å²) >= 11 is 0. The third-order valence-corrected chi connectivity index (χ3v) is 2.48. The predicted molar refractivity (Wildman–Crippen MR) is 73.7 cm³/mol. The molecule has 0 spiro atoms. The van der Waals surface area contributed by atoms with Crippen molar-refractivity contribution in [1.82, 2.24) is 4.98 Å². The topological polar surface area (TPSA) is 77.2 Å². The van der Waals surface area contributed by atoms with Crippen LogP contribution in [0.4, 0.5) is 11.4 Å². The summed E-state index contributed by atoms with van der Waals surface area (Å²) in [5, 5.41) is 3.22. The summed E-state index contributed by atoms with van der Waals surface area (Å²) < 4.78 is 4.96. The molecule has 1 aromatic carbocycles. The van der Waals surface area contributed by atoms with E-state index in [1.807, 2.05) is 18.2 Å². The van der Waals surface area contributed by atoms with Crippen LogP contribution in [0.3, 0.4) is 0 Å². The van der Waals surface area contributed by atoms with Gasteiger partial charge in [0.05, 0.1) is 5.69 Å². The molecule has 98 valence electrons. The number of hydrogen-bond acceptors (Lipinski definition) is 5. The van der Waals surface area contributed by atoms with Gasteiger partial charge in [0.1, 0.15) is 0 Å². The van der Waals surface area contributed by atoms with Gasteiger partial charge in [0, 0.05) is 31.5 Å². The molecule has 5 nitrogen and oxygen atoms in total. The second kappa shape index (κ2) is 5.86. The molecule has 0 aliphatic rings. The van der Waals surface area contributed by atoms with Crippen molar-refractivity contribution in [1.29, 1.82) is 0 Å². The van der Waals surface area contributed by atoms with E-state index in [4.69, 9.17) is 10.5 Å². The highest BCUT2D eigenvalue weighted by Crippen LogP contribution is 2.25. The highest BCUT2D eigenvalue weighted by atomic mass is 16.5. The zero-order valence-corrected chi connectivity index (χ0v) is 10.6. The molecule has 0 fully saturated rings. The summed E-state index contributed by atoms with van der Waals surface area (Å²) in [6.45, 7) is 1.99. The SMILES string of the molecule is CC(=O)Oc1ccc(NCc2cccnc2)cc1N. The van der Waals surface area contributed by atoms with E-state index in [-0.39, 0.29) is 5.97 Å². The van der Waals surface area contributed by atoms with E-state index >= 15 is 0 Å². The number of anilines is 2. The van der Waals surface area contributed by atoms with Crippen LogP contribution in [0.15, 0.2) is 42.7 Å². The van der Waals surface area contributed by atoms with E-state index in [1.165, 1.54) is 6.92 Å². The fourth-order valence-electron chi connectivity index (χ4n) is 1.61. The van der Waals surface area contributed by atoms with Gasteiger partial charge in [-0.25, -0.2) is 0 Å². The first kappa shape index (κ1) is 12.9. The maximum absolute atomic E-state index is 10.9. The van der Waals surface area contributed by atoms with Crippen LogP contribution in [0.5, 0.6) is 5.75 Å². The third-order valence-electron chi connectivity index (χ3n) is 2.48. The van der Waals surface area contributed by atoms with E-state index in [0.29, 0.717) is 18.0 Å². The lowest BCUT2D eigenvalue weighted by Gasteiger charge is -2.09. The molecular formula is C14H15N3O2. The first-order valence-electron chi connectivity index (χ1n) is 5.86. The van der Waals surface area contributed by atoms with Crippen molar-refractivity contribution in [3.8, 4) is 5.75 Å². The smallest absolute Gasteiger partial charge is 0.308 e. The van der Waals surface area contributed by atoms with E-state index in [2.05, 4.69) is 10.3 Å². The van der Waals surface area contributed by atoms with Gasteiger partial charge in [0.15, 0.2) is 5.75 Å². The Morgan fingerprint density at radius 2 is 2.26 bits per heavy atom. The van der Waals surface area contributed by atoms with Gasteiger partial charge in [0.25, 0.3) is 0 Å². The lowest BCUT2D eigenvalue weighted by Crippen LogP contribution is -2.05. The number of hydrogen-bond donors (Lipinski definition) is 2. The Bertz CT molecular complexity index is 570. The molecule has 1 heterocycles. The highest BCUT2D eigenvalue weighted by Gasteiger charge is 2.04. The maximum atomic E-state index is 10.9. The Morgan fingerprint density at radius 1 is 1.42 bits per heavy atom. The average Bonchev–Trinajstić information content (AvgIpc) is 2.40. The molecule has 2 aromatic rings. The zero-order chi connectivity index (χ0) is 13.7. The standard InChI is InChI=1S/C14H15N3O2/c1-10(18)19-14-5-4-12(7-13(14)15)17-9-11-3-2-6-16-8-11/h2-8,17H,9,15H2,1H3. The number of esters is 1. The van der Waals surface area contributed by atoms with Crippen LogP contribution < -0.4 is 15.8 Å². The summed E-state index contributed by atoms with van der Waals surface area (Å²) in [7, 11) is 0. The van der Waals surface area contributed by atoms with E-state index in [1.54, 1.807) is 24.5 Å². The van der Waals surface area contributed by atoms with Gasteiger partial charge in [-0.2, -0.15) is 0 Å². The second-order valence-corrected chi connectivity index (χ2v) is 4.06. The first-order chi connectivity index (χ1) is 9.15. The minimum atomic E-state index is -0.386. The Labute approximate surface area is 111 Å². The second-order valence-electron chi connectivity index (χ2n) is 4.06. The zero-order valence-electron chi connectivity index (χ0n) is 10.6. The highest BCUT2D eigenvalue weighted by molar-refractivity contribution is 5.73. The normalized spacial score (nSPS) is 9.95. The van der Waals surface area contributed by atoms with E-state index in [9.17, 15) is 4.79 Å². The number of carbonyl (C=O) groups excluding carboxylic acids is 1. The van der Waals surface area contributed by atoms with Crippen LogP contribution in [-0.2, 0) is 11.3 Å². The van der Waals surface area contributed by atoms with Gasteiger partial charge in [-0.1, -0.05) is 6.07 Å². The number of carbonyl (C=O) groups is 1. The van der Waals surface area contributed by atoms with Crippen LogP contribution in [0, 0.1) is 0 Å². The quantitative estimate of drug-likeness (QED) is 0.499. The average molecular weight is 257 g/mol. The number of aromatic nitrogens is 1. The molecule has 0 atom stereocenters. The molecule has 0 aliphatic carbocycles. The van der Waals surface area contributed by atoms with Gasteiger partial charge in [-0.3, -0.25) is 9.78 Å². The molecule has 3 N–H and O–H groups in total. The van der Waals surface area contributed by atoms with Crippen LogP contribution in [0.1, 0.15) is 12.5 Å². The Hall–Kier alpha value is -2.56. The molecule has 0 amide bonds. The van der Waals surface area contributed by atoms with Crippen molar-refractivity contribution in [3.05, 3.63) is 48.3 Å². The fourth-order valence-corrected chi connectivity index (χ4v) is 1.61. The molecule has 0 saturated carbocycles. The van der Waals surface area contributed by atoms with Gasteiger partial charge in [-0.15, -0.1) is 0 Å². The Balaban J connectivity index is 2.02.